The van der Waals surface area contributed by atoms with E-state index in [1.807, 2.05) is 27.7 Å². The van der Waals surface area contributed by atoms with Crippen molar-refractivity contribution in [3.05, 3.63) is 28.2 Å². The summed E-state index contributed by atoms with van der Waals surface area (Å²) in [5, 5.41) is 0.807. The van der Waals surface area contributed by atoms with Gasteiger partial charge in [0.2, 0.25) is 0 Å². The first-order chi connectivity index (χ1) is 8.84. The van der Waals surface area contributed by atoms with Gasteiger partial charge in [0, 0.05) is 12.1 Å². The first-order valence-electron chi connectivity index (χ1n) is 6.22. The van der Waals surface area contributed by atoms with E-state index in [1.165, 1.54) is 0 Å². The van der Waals surface area contributed by atoms with E-state index in [0.29, 0.717) is 15.8 Å². The number of benzene rings is 1. The Hall–Kier alpha value is -0.930. The van der Waals surface area contributed by atoms with Gasteiger partial charge in [0.25, 0.3) is 5.91 Å². The second-order valence-electron chi connectivity index (χ2n) is 4.83. The van der Waals surface area contributed by atoms with E-state index < -0.39 is 0 Å². The van der Waals surface area contributed by atoms with Gasteiger partial charge in [-0.3, -0.25) is 4.79 Å². The lowest BCUT2D eigenvalue weighted by molar-refractivity contribution is -0.136. The van der Waals surface area contributed by atoms with Crippen LogP contribution in [0.4, 0.5) is 0 Å². The molecule has 106 valence electrons. The maximum Gasteiger partial charge on any atom is 0.260 e. The maximum absolute atomic E-state index is 12.1. The van der Waals surface area contributed by atoms with Crippen LogP contribution in [0.2, 0.25) is 10.0 Å². The predicted molar refractivity (Wildman–Crippen MR) is 79.1 cm³/mol. The molecule has 0 saturated heterocycles. The van der Waals surface area contributed by atoms with Gasteiger partial charge in [0.05, 0.1) is 10.0 Å². The van der Waals surface area contributed by atoms with E-state index in [4.69, 9.17) is 27.9 Å². The van der Waals surface area contributed by atoms with Gasteiger partial charge in [-0.1, -0.05) is 29.3 Å². The minimum atomic E-state index is -0.0824. The summed E-state index contributed by atoms with van der Waals surface area (Å²) < 4.78 is 5.46. The molecule has 0 aliphatic carbocycles. The third-order valence-electron chi connectivity index (χ3n) is 2.66. The number of carbonyl (C=O) groups is 1. The second kappa shape index (κ2) is 7.01. The monoisotopic (exact) mass is 303 g/mol. The van der Waals surface area contributed by atoms with Crippen molar-refractivity contribution in [2.45, 2.75) is 39.8 Å². The highest BCUT2D eigenvalue weighted by Gasteiger charge is 2.21. The van der Waals surface area contributed by atoms with Crippen molar-refractivity contribution >= 4 is 29.1 Å². The summed E-state index contributed by atoms with van der Waals surface area (Å²) in [4.78, 5) is 13.9. The zero-order valence-electron chi connectivity index (χ0n) is 11.6. The molecule has 3 nitrogen and oxygen atoms in total. The fourth-order valence-electron chi connectivity index (χ4n) is 2.00. The fraction of sp³-hybridized carbons (Fsp3) is 0.500. The molecule has 0 heterocycles. The molecule has 1 amide bonds. The Morgan fingerprint density at radius 3 is 2.05 bits per heavy atom. The Balaban J connectivity index is 2.73. The quantitative estimate of drug-likeness (QED) is 0.822. The molecule has 1 rings (SSSR count). The van der Waals surface area contributed by atoms with Gasteiger partial charge in [-0.05, 0) is 39.8 Å². The average molecular weight is 304 g/mol. The van der Waals surface area contributed by atoms with Gasteiger partial charge >= 0.3 is 0 Å². The zero-order valence-corrected chi connectivity index (χ0v) is 13.1. The number of nitrogens with zero attached hydrogens (tertiary/aromatic N) is 1. The van der Waals surface area contributed by atoms with Crippen molar-refractivity contribution in [1.29, 1.82) is 0 Å². The first-order valence-corrected chi connectivity index (χ1v) is 6.98. The lowest BCUT2D eigenvalue weighted by atomic mass is 10.2. The fourth-order valence-corrected chi connectivity index (χ4v) is 2.51. The van der Waals surface area contributed by atoms with E-state index in [1.54, 1.807) is 23.1 Å². The highest BCUT2D eigenvalue weighted by Crippen LogP contribution is 2.32. The summed E-state index contributed by atoms with van der Waals surface area (Å²) in [6.45, 7) is 7.82. The van der Waals surface area contributed by atoms with Crippen LogP contribution in [0.5, 0.6) is 5.75 Å². The van der Waals surface area contributed by atoms with Crippen molar-refractivity contribution < 1.29 is 9.53 Å². The summed E-state index contributed by atoms with van der Waals surface area (Å²) in [5.74, 6) is 0.271. The Kier molecular flexibility index (Phi) is 5.95. The van der Waals surface area contributed by atoms with E-state index in [2.05, 4.69) is 0 Å². The number of para-hydroxylation sites is 1. The van der Waals surface area contributed by atoms with Crippen LogP contribution in [0.25, 0.3) is 0 Å². The highest BCUT2D eigenvalue weighted by molar-refractivity contribution is 6.37. The van der Waals surface area contributed by atoms with Crippen LogP contribution in [0.3, 0.4) is 0 Å². The number of hydrogen-bond acceptors (Lipinski definition) is 2. The van der Waals surface area contributed by atoms with Crippen molar-refractivity contribution in [2.75, 3.05) is 6.61 Å². The number of ether oxygens (including phenoxy) is 1. The number of rotatable bonds is 5. The molecule has 0 aromatic heterocycles. The Labute approximate surface area is 124 Å². The van der Waals surface area contributed by atoms with E-state index >= 15 is 0 Å². The van der Waals surface area contributed by atoms with Crippen LogP contribution in [-0.2, 0) is 4.79 Å². The van der Waals surface area contributed by atoms with E-state index in [9.17, 15) is 4.79 Å². The molecule has 1 aromatic rings. The summed E-state index contributed by atoms with van der Waals surface area (Å²) in [5.41, 5.74) is 0. The summed E-state index contributed by atoms with van der Waals surface area (Å²) in [6, 6.07) is 5.33. The predicted octanol–water partition coefficient (Wildman–Crippen LogP) is 4.02. The topological polar surface area (TPSA) is 29.5 Å². The van der Waals surface area contributed by atoms with Crippen molar-refractivity contribution in [3.63, 3.8) is 0 Å². The summed E-state index contributed by atoms with van der Waals surface area (Å²) in [7, 11) is 0. The van der Waals surface area contributed by atoms with Crippen molar-refractivity contribution in [2.24, 2.45) is 0 Å². The normalized spacial score (nSPS) is 10.9. The molecule has 0 atom stereocenters. The number of hydrogen-bond donors (Lipinski definition) is 0. The molecule has 0 N–H and O–H groups in total. The van der Waals surface area contributed by atoms with Crippen LogP contribution in [-0.4, -0.2) is 29.5 Å². The number of carbonyl (C=O) groups excluding carboxylic acids is 1. The highest BCUT2D eigenvalue weighted by atomic mass is 35.5. The van der Waals surface area contributed by atoms with Crippen LogP contribution < -0.4 is 4.74 Å². The summed E-state index contributed by atoms with van der Waals surface area (Å²) in [6.07, 6.45) is 0. The summed E-state index contributed by atoms with van der Waals surface area (Å²) >= 11 is 12.0. The molecule has 19 heavy (non-hydrogen) atoms. The molecular formula is C14H19Cl2NO2. The number of amides is 1. The van der Waals surface area contributed by atoms with Gasteiger partial charge < -0.3 is 9.64 Å². The van der Waals surface area contributed by atoms with Gasteiger partial charge in [-0.2, -0.15) is 0 Å². The zero-order chi connectivity index (χ0) is 14.6. The van der Waals surface area contributed by atoms with Crippen LogP contribution in [0, 0.1) is 0 Å². The minimum absolute atomic E-state index is 0.0696. The lowest BCUT2D eigenvalue weighted by Gasteiger charge is -2.30. The molecular weight excluding hydrogens is 285 g/mol. The average Bonchev–Trinajstić information content (AvgIpc) is 2.27. The van der Waals surface area contributed by atoms with Crippen LogP contribution in [0.15, 0.2) is 18.2 Å². The molecule has 0 bridgehead atoms. The van der Waals surface area contributed by atoms with Crippen LogP contribution >= 0.6 is 23.2 Å². The van der Waals surface area contributed by atoms with Gasteiger partial charge in [-0.15, -0.1) is 0 Å². The molecule has 0 radical (unpaired) electrons. The molecule has 0 spiro atoms. The molecule has 0 saturated carbocycles. The van der Waals surface area contributed by atoms with E-state index in [0.717, 1.165) is 0 Å². The molecule has 5 heteroatoms. The maximum atomic E-state index is 12.1. The van der Waals surface area contributed by atoms with Crippen molar-refractivity contribution in [3.8, 4) is 5.75 Å². The molecule has 1 aromatic carbocycles. The van der Waals surface area contributed by atoms with Crippen LogP contribution in [0.1, 0.15) is 27.7 Å². The Morgan fingerprint density at radius 2 is 1.63 bits per heavy atom. The number of halogens is 2. The van der Waals surface area contributed by atoms with E-state index in [-0.39, 0.29) is 24.6 Å². The Morgan fingerprint density at radius 1 is 1.16 bits per heavy atom. The molecule has 0 aliphatic rings. The molecule has 0 aliphatic heterocycles. The third-order valence-corrected chi connectivity index (χ3v) is 3.25. The Bertz CT molecular complexity index is 419. The van der Waals surface area contributed by atoms with Gasteiger partial charge in [0.15, 0.2) is 12.4 Å². The smallest absolute Gasteiger partial charge is 0.260 e. The van der Waals surface area contributed by atoms with Gasteiger partial charge in [-0.25, -0.2) is 0 Å². The van der Waals surface area contributed by atoms with Gasteiger partial charge in [0.1, 0.15) is 0 Å². The largest absolute Gasteiger partial charge is 0.481 e. The SMILES string of the molecule is CC(C)N(C(=O)COc1c(Cl)cccc1Cl)C(C)C. The third kappa shape index (κ3) is 4.29. The molecule has 0 fully saturated rings. The van der Waals surface area contributed by atoms with Crippen molar-refractivity contribution in [1.82, 2.24) is 4.90 Å². The lowest BCUT2D eigenvalue weighted by Crippen LogP contribution is -2.44. The standard InChI is InChI=1S/C14H19Cl2NO2/c1-9(2)17(10(3)4)13(18)8-19-14-11(15)6-5-7-12(14)16/h5-7,9-10H,8H2,1-4H3. The first kappa shape index (κ1) is 16.1. The minimum Gasteiger partial charge on any atom is -0.481 e. The molecule has 0 unspecified atom stereocenters. The second-order valence-corrected chi connectivity index (χ2v) is 5.64.